The highest BCUT2D eigenvalue weighted by Gasteiger charge is 2.51. The van der Waals surface area contributed by atoms with E-state index in [1.807, 2.05) is 45.9 Å². The van der Waals surface area contributed by atoms with Crippen molar-refractivity contribution in [1.82, 2.24) is 0 Å². The van der Waals surface area contributed by atoms with Gasteiger partial charge in [0.25, 0.3) is 0 Å². The van der Waals surface area contributed by atoms with Gasteiger partial charge < -0.3 is 14.4 Å². The summed E-state index contributed by atoms with van der Waals surface area (Å²) in [6.07, 6.45) is 0. The standard InChI is InChI=1S/C18H21BO4/c1-11(20)15-9-12-6-7-14(8-13(12)10-16(15)21)19-22-17(2,3)18(4,5)23-19/h6-10,21H,1-5H3. The van der Waals surface area contributed by atoms with Gasteiger partial charge in [0.05, 0.1) is 16.8 Å². The number of fused-ring (bicyclic) bond motifs is 1. The lowest BCUT2D eigenvalue weighted by Crippen LogP contribution is -2.41. The maximum Gasteiger partial charge on any atom is 0.494 e. The number of rotatable bonds is 2. The highest BCUT2D eigenvalue weighted by atomic mass is 16.7. The van der Waals surface area contributed by atoms with Gasteiger partial charge in [0.1, 0.15) is 5.75 Å². The Morgan fingerprint density at radius 2 is 1.61 bits per heavy atom. The Balaban J connectivity index is 2.02. The lowest BCUT2D eigenvalue weighted by molar-refractivity contribution is 0.00578. The first-order chi connectivity index (χ1) is 10.6. The van der Waals surface area contributed by atoms with E-state index in [2.05, 4.69) is 0 Å². The van der Waals surface area contributed by atoms with E-state index in [-0.39, 0.29) is 11.5 Å². The van der Waals surface area contributed by atoms with Crippen molar-refractivity contribution in [2.75, 3.05) is 0 Å². The predicted molar refractivity (Wildman–Crippen MR) is 91.3 cm³/mol. The molecule has 0 spiro atoms. The maximum absolute atomic E-state index is 11.5. The van der Waals surface area contributed by atoms with Crippen LogP contribution in [0, 0.1) is 0 Å². The molecular weight excluding hydrogens is 291 g/mol. The fourth-order valence-corrected chi connectivity index (χ4v) is 2.71. The van der Waals surface area contributed by atoms with Gasteiger partial charge in [-0.1, -0.05) is 18.2 Å². The van der Waals surface area contributed by atoms with E-state index in [1.54, 1.807) is 12.1 Å². The summed E-state index contributed by atoms with van der Waals surface area (Å²) < 4.78 is 12.1. The van der Waals surface area contributed by atoms with Gasteiger partial charge in [-0.05, 0) is 63.0 Å². The van der Waals surface area contributed by atoms with Gasteiger partial charge in [-0.3, -0.25) is 4.79 Å². The minimum absolute atomic E-state index is 0.00364. The molecule has 0 bridgehead atoms. The van der Waals surface area contributed by atoms with Gasteiger partial charge >= 0.3 is 7.12 Å². The lowest BCUT2D eigenvalue weighted by atomic mass is 9.78. The zero-order valence-electron chi connectivity index (χ0n) is 14.1. The third-order valence-corrected chi connectivity index (χ3v) is 4.88. The number of ketones is 1. The molecule has 2 aromatic carbocycles. The summed E-state index contributed by atoms with van der Waals surface area (Å²) in [5, 5.41) is 11.8. The monoisotopic (exact) mass is 312 g/mol. The number of benzene rings is 2. The third-order valence-electron chi connectivity index (χ3n) is 4.88. The van der Waals surface area contributed by atoms with Crippen LogP contribution in [0.3, 0.4) is 0 Å². The van der Waals surface area contributed by atoms with E-state index >= 15 is 0 Å². The Bertz CT molecular complexity index is 779. The van der Waals surface area contributed by atoms with Crippen molar-refractivity contribution in [3.05, 3.63) is 35.9 Å². The van der Waals surface area contributed by atoms with Crippen molar-refractivity contribution in [2.45, 2.75) is 45.8 Å². The average molecular weight is 312 g/mol. The Morgan fingerprint density at radius 1 is 1.00 bits per heavy atom. The SMILES string of the molecule is CC(=O)c1cc2ccc(B3OC(C)(C)C(C)(C)O3)cc2cc1O. The van der Waals surface area contributed by atoms with Crippen LogP contribution in [0.1, 0.15) is 45.0 Å². The zero-order valence-corrected chi connectivity index (χ0v) is 14.1. The molecule has 0 saturated carbocycles. The molecule has 0 amide bonds. The highest BCUT2D eigenvalue weighted by Crippen LogP contribution is 2.36. The molecule has 2 aromatic rings. The van der Waals surface area contributed by atoms with E-state index in [0.717, 1.165) is 16.2 Å². The number of carbonyl (C=O) groups excluding carboxylic acids is 1. The van der Waals surface area contributed by atoms with Gasteiger partial charge in [0, 0.05) is 0 Å². The number of aromatic hydroxyl groups is 1. The Hall–Kier alpha value is -1.85. The fraction of sp³-hybridized carbons (Fsp3) is 0.389. The quantitative estimate of drug-likeness (QED) is 0.684. The fourth-order valence-electron chi connectivity index (χ4n) is 2.71. The van der Waals surface area contributed by atoms with Crippen LogP contribution >= 0.6 is 0 Å². The largest absolute Gasteiger partial charge is 0.507 e. The van der Waals surface area contributed by atoms with E-state index in [1.165, 1.54) is 6.92 Å². The van der Waals surface area contributed by atoms with Crippen LogP contribution in [-0.4, -0.2) is 29.2 Å². The molecule has 0 aromatic heterocycles. The van der Waals surface area contributed by atoms with Crippen molar-refractivity contribution >= 4 is 29.1 Å². The summed E-state index contributed by atoms with van der Waals surface area (Å²) in [5.74, 6) is -0.157. The molecule has 4 nitrogen and oxygen atoms in total. The molecule has 1 heterocycles. The molecule has 1 fully saturated rings. The van der Waals surface area contributed by atoms with Gasteiger partial charge in [-0.15, -0.1) is 0 Å². The minimum atomic E-state index is -0.445. The van der Waals surface area contributed by atoms with Gasteiger partial charge in [-0.2, -0.15) is 0 Å². The molecule has 23 heavy (non-hydrogen) atoms. The van der Waals surface area contributed by atoms with E-state index in [0.29, 0.717) is 5.56 Å². The molecule has 0 atom stereocenters. The molecule has 1 N–H and O–H groups in total. The molecule has 120 valence electrons. The molecule has 0 aliphatic carbocycles. The van der Waals surface area contributed by atoms with Gasteiger partial charge in [0.2, 0.25) is 0 Å². The summed E-state index contributed by atoms with van der Waals surface area (Å²) in [7, 11) is -0.445. The van der Waals surface area contributed by atoms with Crippen LogP contribution in [0.15, 0.2) is 30.3 Å². The van der Waals surface area contributed by atoms with Crippen LogP contribution in [-0.2, 0) is 9.31 Å². The van der Waals surface area contributed by atoms with Crippen LogP contribution in [0.5, 0.6) is 5.75 Å². The van der Waals surface area contributed by atoms with E-state index in [4.69, 9.17) is 9.31 Å². The Morgan fingerprint density at radius 3 is 2.17 bits per heavy atom. The summed E-state index contributed by atoms with van der Waals surface area (Å²) in [6.45, 7) is 9.50. The van der Waals surface area contributed by atoms with E-state index in [9.17, 15) is 9.90 Å². The van der Waals surface area contributed by atoms with Crippen molar-refractivity contribution in [3.63, 3.8) is 0 Å². The number of carbonyl (C=O) groups is 1. The summed E-state index contributed by atoms with van der Waals surface area (Å²) >= 11 is 0. The minimum Gasteiger partial charge on any atom is -0.507 e. The molecule has 1 aliphatic heterocycles. The number of hydrogen-bond acceptors (Lipinski definition) is 4. The zero-order chi connectivity index (χ0) is 17.0. The van der Waals surface area contributed by atoms with Crippen LogP contribution in [0.25, 0.3) is 10.8 Å². The Labute approximate surface area is 136 Å². The second-order valence-corrected chi connectivity index (χ2v) is 7.12. The van der Waals surface area contributed by atoms with Crippen molar-refractivity contribution in [1.29, 1.82) is 0 Å². The first-order valence-electron chi connectivity index (χ1n) is 7.74. The third kappa shape index (κ3) is 2.64. The second-order valence-electron chi connectivity index (χ2n) is 7.12. The molecule has 5 heteroatoms. The summed E-state index contributed by atoms with van der Waals surface area (Å²) in [6, 6.07) is 9.11. The van der Waals surface area contributed by atoms with E-state index < -0.39 is 18.3 Å². The number of hydrogen-bond donors (Lipinski definition) is 1. The van der Waals surface area contributed by atoms with Crippen molar-refractivity contribution in [2.24, 2.45) is 0 Å². The summed E-state index contributed by atoms with van der Waals surface area (Å²) in [4.78, 5) is 11.5. The van der Waals surface area contributed by atoms with Crippen LogP contribution < -0.4 is 5.46 Å². The van der Waals surface area contributed by atoms with Crippen molar-refractivity contribution in [3.8, 4) is 5.75 Å². The average Bonchev–Trinajstić information content (AvgIpc) is 2.65. The molecule has 0 radical (unpaired) electrons. The van der Waals surface area contributed by atoms with Gasteiger partial charge in [0.15, 0.2) is 5.78 Å². The summed E-state index contributed by atoms with van der Waals surface area (Å²) in [5.41, 5.74) is 0.438. The first-order valence-corrected chi connectivity index (χ1v) is 7.74. The maximum atomic E-state index is 11.5. The predicted octanol–water partition coefficient (Wildman–Crippen LogP) is 3.05. The smallest absolute Gasteiger partial charge is 0.494 e. The molecule has 1 aliphatic rings. The first kappa shape index (κ1) is 16.0. The van der Waals surface area contributed by atoms with Crippen LogP contribution in [0.4, 0.5) is 0 Å². The van der Waals surface area contributed by atoms with Crippen molar-refractivity contribution < 1.29 is 19.2 Å². The lowest BCUT2D eigenvalue weighted by Gasteiger charge is -2.32. The number of phenols is 1. The Kier molecular flexibility index (Phi) is 3.54. The van der Waals surface area contributed by atoms with Crippen LogP contribution in [0.2, 0.25) is 0 Å². The topological polar surface area (TPSA) is 55.8 Å². The van der Waals surface area contributed by atoms with Gasteiger partial charge in [-0.25, -0.2) is 0 Å². The molecule has 3 rings (SSSR count). The normalized spacial score (nSPS) is 19.3. The molecule has 1 saturated heterocycles. The number of Topliss-reactive ketones (excluding diaryl/α,β-unsaturated/α-hetero) is 1. The highest BCUT2D eigenvalue weighted by molar-refractivity contribution is 6.62. The molecular formula is C18H21BO4. The second kappa shape index (κ2) is 5.08. The number of phenolic OH excluding ortho intramolecular Hbond substituents is 1. The molecule has 0 unspecified atom stereocenters.